The highest BCUT2D eigenvalue weighted by Crippen LogP contribution is 2.50. The molecular formula is C23H30O4. The zero-order valence-corrected chi connectivity index (χ0v) is 16.5. The van der Waals surface area contributed by atoms with Gasteiger partial charge in [-0.25, -0.2) is 4.79 Å². The van der Waals surface area contributed by atoms with E-state index in [-0.39, 0.29) is 11.4 Å². The first-order valence-corrected chi connectivity index (χ1v) is 10.2. The number of allylic oxidation sites excluding steroid dienone is 1. The molecule has 0 aliphatic heterocycles. The predicted molar refractivity (Wildman–Crippen MR) is 105 cm³/mol. The summed E-state index contributed by atoms with van der Waals surface area (Å²) in [4.78, 5) is 12.9. The Balaban J connectivity index is 1.44. The number of carbonyl (C=O) groups is 1. The quantitative estimate of drug-likeness (QED) is 0.525. The van der Waals surface area contributed by atoms with Crippen LogP contribution >= 0.6 is 0 Å². The van der Waals surface area contributed by atoms with Crippen molar-refractivity contribution in [2.45, 2.75) is 51.9 Å². The van der Waals surface area contributed by atoms with Crippen LogP contribution in [-0.2, 0) is 20.7 Å². The van der Waals surface area contributed by atoms with E-state index in [4.69, 9.17) is 14.2 Å². The molecule has 1 aromatic carbocycles. The van der Waals surface area contributed by atoms with Gasteiger partial charge in [0.25, 0.3) is 0 Å². The maximum atomic E-state index is 12.9. The molecule has 0 unspecified atom stereocenters. The van der Waals surface area contributed by atoms with Crippen LogP contribution in [0.3, 0.4) is 0 Å². The van der Waals surface area contributed by atoms with Crippen molar-refractivity contribution >= 4 is 11.5 Å². The molecule has 27 heavy (non-hydrogen) atoms. The first kappa shape index (κ1) is 18.5. The molecule has 0 heterocycles. The Morgan fingerprint density at radius 2 is 1.89 bits per heavy atom. The van der Waals surface area contributed by atoms with E-state index < -0.39 is 0 Å². The second kappa shape index (κ2) is 7.67. The monoisotopic (exact) mass is 370 g/mol. The fraction of sp³-hybridized carbons (Fsp3) is 0.609. The van der Waals surface area contributed by atoms with Crippen molar-refractivity contribution in [2.24, 2.45) is 11.3 Å². The zero-order valence-electron chi connectivity index (χ0n) is 16.5. The Morgan fingerprint density at radius 1 is 1.15 bits per heavy atom. The lowest BCUT2D eigenvalue weighted by Gasteiger charge is -2.46. The van der Waals surface area contributed by atoms with Gasteiger partial charge in [-0.3, -0.25) is 0 Å². The number of esters is 1. The number of rotatable bonds is 7. The fourth-order valence-corrected chi connectivity index (χ4v) is 5.04. The first-order chi connectivity index (χ1) is 13.1. The molecule has 0 aromatic heterocycles. The molecule has 4 aliphatic rings. The van der Waals surface area contributed by atoms with E-state index in [1.165, 1.54) is 44.1 Å². The third kappa shape index (κ3) is 3.64. The molecule has 4 aliphatic carbocycles. The fourth-order valence-electron chi connectivity index (χ4n) is 5.04. The Bertz CT molecular complexity index is 727. The maximum absolute atomic E-state index is 12.9. The molecular weight excluding hydrogens is 340 g/mol. The van der Waals surface area contributed by atoms with Gasteiger partial charge >= 0.3 is 5.97 Å². The van der Waals surface area contributed by atoms with Crippen molar-refractivity contribution in [3.8, 4) is 5.75 Å². The minimum absolute atomic E-state index is 0.173. The summed E-state index contributed by atoms with van der Waals surface area (Å²) in [5, 5.41) is 0. The number of hydrogen-bond donors (Lipinski definition) is 0. The molecule has 2 bridgehead atoms. The molecule has 4 nitrogen and oxygen atoms in total. The SMILES string of the molecule is COCCOc1ccc2c(c1C)C(C(=O)OCC13CCC(CC1)CC3)=CC2. The Morgan fingerprint density at radius 3 is 2.59 bits per heavy atom. The summed E-state index contributed by atoms with van der Waals surface area (Å²) < 4.78 is 16.7. The van der Waals surface area contributed by atoms with Crippen LogP contribution in [0.2, 0.25) is 0 Å². The largest absolute Gasteiger partial charge is 0.491 e. The van der Waals surface area contributed by atoms with Gasteiger partial charge in [-0.1, -0.05) is 12.1 Å². The van der Waals surface area contributed by atoms with E-state index in [1.807, 2.05) is 19.1 Å². The minimum Gasteiger partial charge on any atom is -0.491 e. The van der Waals surface area contributed by atoms with Crippen LogP contribution < -0.4 is 4.74 Å². The van der Waals surface area contributed by atoms with Gasteiger partial charge in [0.05, 0.1) is 18.8 Å². The van der Waals surface area contributed by atoms with Gasteiger partial charge in [-0.15, -0.1) is 0 Å². The molecule has 1 aromatic rings. The Labute approximate surface area is 161 Å². The third-order valence-corrected chi connectivity index (χ3v) is 6.82. The van der Waals surface area contributed by atoms with Crippen LogP contribution in [0.4, 0.5) is 0 Å². The average Bonchev–Trinajstić information content (AvgIpc) is 3.15. The van der Waals surface area contributed by atoms with Crippen LogP contribution in [0.1, 0.15) is 55.2 Å². The normalized spacial score (nSPS) is 25.9. The van der Waals surface area contributed by atoms with E-state index in [2.05, 4.69) is 6.07 Å². The molecule has 0 saturated heterocycles. The average molecular weight is 370 g/mol. The lowest BCUT2D eigenvalue weighted by molar-refractivity contribution is -0.142. The van der Waals surface area contributed by atoms with E-state index >= 15 is 0 Å². The molecule has 0 spiro atoms. The lowest BCUT2D eigenvalue weighted by Crippen LogP contribution is -2.38. The van der Waals surface area contributed by atoms with Crippen molar-refractivity contribution in [3.05, 3.63) is 34.9 Å². The summed E-state index contributed by atoms with van der Waals surface area (Å²) in [6.45, 7) is 3.65. The van der Waals surface area contributed by atoms with Crippen LogP contribution in [-0.4, -0.2) is 32.9 Å². The Hall–Kier alpha value is -1.81. The van der Waals surface area contributed by atoms with Gasteiger partial charge in [-0.05, 0) is 80.5 Å². The number of benzene rings is 1. The van der Waals surface area contributed by atoms with Gasteiger partial charge in [0, 0.05) is 12.5 Å². The highest BCUT2D eigenvalue weighted by molar-refractivity contribution is 6.18. The topological polar surface area (TPSA) is 44.8 Å². The van der Waals surface area contributed by atoms with Crippen LogP contribution in [0.15, 0.2) is 18.2 Å². The van der Waals surface area contributed by atoms with Crippen molar-refractivity contribution in [2.75, 3.05) is 26.9 Å². The molecule has 3 fully saturated rings. The highest BCUT2D eigenvalue weighted by atomic mass is 16.5. The van der Waals surface area contributed by atoms with Gasteiger partial charge in [-0.2, -0.15) is 0 Å². The minimum atomic E-state index is -0.173. The predicted octanol–water partition coefficient (Wildman–Crippen LogP) is 4.47. The van der Waals surface area contributed by atoms with Crippen molar-refractivity contribution < 1.29 is 19.0 Å². The first-order valence-electron chi connectivity index (χ1n) is 10.2. The van der Waals surface area contributed by atoms with E-state index in [9.17, 15) is 4.79 Å². The molecule has 146 valence electrons. The van der Waals surface area contributed by atoms with Gasteiger partial charge < -0.3 is 14.2 Å². The molecule has 4 heteroatoms. The smallest absolute Gasteiger partial charge is 0.338 e. The lowest BCUT2D eigenvalue weighted by atomic mass is 9.61. The van der Waals surface area contributed by atoms with Gasteiger partial charge in [0.2, 0.25) is 0 Å². The van der Waals surface area contributed by atoms with E-state index in [0.717, 1.165) is 29.2 Å². The summed E-state index contributed by atoms with van der Waals surface area (Å²) in [7, 11) is 1.66. The molecule has 0 amide bonds. The van der Waals surface area contributed by atoms with Crippen LogP contribution in [0.25, 0.3) is 5.57 Å². The highest BCUT2D eigenvalue weighted by Gasteiger charge is 2.41. The molecule has 5 rings (SSSR count). The van der Waals surface area contributed by atoms with Crippen molar-refractivity contribution in [3.63, 3.8) is 0 Å². The van der Waals surface area contributed by atoms with Crippen molar-refractivity contribution in [1.29, 1.82) is 0 Å². The standard InChI is InChI=1S/C23H30O4/c1-16-20(26-14-13-25-2)6-4-18-3-5-19(21(16)18)22(24)27-15-23-10-7-17(8-11-23)9-12-23/h4-6,17H,3,7-15H2,1-2H3. The van der Waals surface area contributed by atoms with E-state index in [1.54, 1.807) is 7.11 Å². The molecule has 0 radical (unpaired) electrons. The number of ether oxygens (including phenoxy) is 3. The summed E-state index contributed by atoms with van der Waals surface area (Å²) in [5.41, 5.74) is 4.14. The number of carbonyl (C=O) groups excluding carboxylic acids is 1. The van der Waals surface area contributed by atoms with Crippen LogP contribution in [0, 0.1) is 18.3 Å². The molecule has 0 N–H and O–H groups in total. The maximum Gasteiger partial charge on any atom is 0.338 e. The summed E-state index contributed by atoms with van der Waals surface area (Å²) in [6, 6.07) is 4.05. The summed E-state index contributed by atoms with van der Waals surface area (Å²) >= 11 is 0. The second-order valence-electron chi connectivity index (χ2n) is 8.44. The van der Waals surface area contributed by atoms with Crippen molar-refractivity contribution in [1.82, 2.24) is 0 Å². The van der Waals surface area contributed by atoms with E-state index in [0.29, 0.717) is 25.4 Å². The Kier molecular flexibility index (Phi) is 5.27. The zero-order chi connectivity index (χ0) is 18.9. The second-order valence-corrected chi connectivity index (χ2v) is 8.44. The van der Waals surface area contributed by atoms with Gasteiger partial charge in [0.15, 0.2) is 0 Å². The number of methoxy groups -OCH3 is 1. The molecule has 0 atom stereocenters. The van der Waals surface area contributed by atoms with Gasteiger partial charge in [0.1, 0.15) is 12.4 Å². The summed E-state index contributed by atoms with van der Waals surface area (Å²) in [5.74, 6) is 1.56. The van der Waals surface area contributed by atoms with Crippen LogP contribution in [0.5, 0.6) is 5.75 Å². The number of hydrogen-bond acceptors (Lipinski definition) is 4. The summed E-state index contributed by atoms with van der Waals surface area (Å²) in [6.07, 6.45) is 10.4. The molecule has 3 saturated carbocycles. The number of fused-ring (bicyclic) bond motifs is 4. The third-order valence-electron chi connectivity index (χ3n) is 6.82.